The second-order valence-corrected chi connectivity index (χ2v) is 6.57. The first-order valence-electron chi connectivity index (χ1n) is 8.53. The van der Waals surface area contributed by atoms with E-state index in [0.717, 1.165) is 17.0 Å². The summed E-state index contributed by atoms with van der Waals surface area (Å²) in [6.45, 7) is 9.26. The molecule has 6 heteroatoms. The van der Waals surface area contributed by atoms with E-state index in [-0.39, 0.29) is 18.1 Å². The Labute approximate surface area is 147 Å². The van der Waals surface area contributed by atoms with E-state index in [2.05, 4.69) is 5.16 Å². The summed E-state index contributed by atoms with van der Waals surface area (Å²) in [4.78, 5) is 14.7. The Kier molecular flexibility index (Phi) is 5.08. The summed E-state index contributed by atoms with van der Waals surface area (Å²) in [6, 6.07) is 7.35. The van der Waals surface area contributed by atoms with Crippen LogP contribution in [0.3, 0.4) is 0 Å². The Balaban J connectivity index is 1.71. The zero-order valence-corrected chi connectivity index (χ0v) is 15.1. The molecule has 2 atom stereocenters. The van der Waals surface area contributed by atoms with Gasteiger partial charge in [0.05, 0.1) is 30.0 Å². The Bertz CT molecular complexity index is 736. The number of carbonyl (C=O) groups is 1. The molecule has 6 nitrogen and oxygen atoms in total. The van der Waals surface area contributed by atoms with Crippen LogP contribution >= 0.6 is 0 Å². The number of aryl methyl sites for hydroxylation is 2. The SMILES string of the molecule is Cc1noc(C)c1COc1cccc(C(=O)N2CC(C)OCC2C)c1. The van der Waals surface area contributed by atoms with Crippen molar-refractivity contribution in [3.8, 4) is 5.75 Å². The quantitative estimate of drug-likeness (QED) is 0.853. The van der Waals surface area contributed by atoms with Gasteiger partial charge < -0.3 is 18.9 Å². The molecule has 1 aromatic carbocycles. The molecule has 1 aromatic heterocycles. The van der Waals surface area contributed by atoms with E-state index in [9.17, 15) is 4.79 Å². The van der Waals surface area contributed by atoms with Gasteiger partial charge in [0.2, 0.25) is 0 Å². The second kappa shape index (κ2) is 7.27. The maximum Gasteiger partial charge on any atom is 0.254 e. The molecule has 0 bridgehead atoms. The molecule has 25 heavy (non-hydrogen) atoms. The number of morpholine rings is 1. The number of hydrogen-bond donors (Lipinski definition) is 0. The van der Waals surface area contributed by atoms with Gasteiger partial charge in [-0.3, -0.25) is 4.79 Å². The van der Waals surface area contributed by atoms with Gasteiger partial charge in [-0.25, -0.2) is 0 Å². The monoisotopic (exact) mass is 344 g/mol. The summed E-state index contributed by atoms with van der Waals surface area (Å²) in [5.74, 6) is 1.41. The molecule has 2 heterocycles. The van der Waals surface area contributed by atoms with Crippen LogP contribution in [-0.4, -0.2) is 41.3 Å². The first-order chi connectivity index (χ1) is 12.0. The Morgan fingerprint density at radius 3 is 2.88 bits per heavy atom. The molecule has 0 saturated carbocycles. The summed E-state index contributed by atoms with van der Waals surface area (Å²) >= 11 is 0. The maximum atomic E-state index is 12.8. The smallest absolute Gasteiger partial charge is 0.254 e. The normalized spacial score (nSPS) is 20.6. The molecule has 2 unspecified atom stereocenters. The van der Waals surface area contributed by atoms with Gasteiger partial charge in [-0.1, -0.05) is 11.2 Å². The molecule has 3 rings (SSSR count). The fourth-order valence-electron chi connectivity index (χ4n) is 2.93. The van der Waals surface area contributed by atoms with Crippen molar-refractivity contribution in [1.29, 1.82) is 0 Å². The lowest BCUT2D eigenvalue weighted by Gasteiger charge is -2.36. The third-order valence-electron chi connectivity index (χ3n) is 4.51. The molecule has 1 amide bonds. The fourth-order valence-corrected chi connectivity index (χ4v) is 2.93. The van der Waals surface area contributed by atoms with Crippen LogP contribution in [0, 0.1) is 13.8 Å². The summed E-state index contributed by atoms with van der Waals surface area (Å²) in [6.07, 6.45) is 0.0547. The van der Waals surface area contributed by atoms with Gasteiger partial charge in [-0.15, -0.1) is 0 Å². The highest BCUT2D eigenvalue weighted by Crippen LogP contribution is 2.21. The van der Waals surface area contributed by atoms with Crippen molar-refractivity contribution in [3.63, 3.8) is 0 Å². The minimum absolute atomic E-state index is 0.00504. The molecular formula is C19H24N2O4. The van der Waals surface area contributed by atoms with E-state index < -0.39 is 0 Å². The Hall–Kier alpha value is -2.34. The van der Waals surface area contributed by atoms with Crippen LogP contribution in [0.2, 0.25) is 0 Å². The molecule has 0 aliphatic carbocycles. The minimum Gasteiger partial charge on any atom is -0.489 e. The number of amides is 1. The lowest BCUT2D eigenvalue weighted by molar-refractivity contribution is -0.0387. The molecule has 1 fully saturated rings. The average Bonchev–Trinajstić information content (AvgIpc) is 2.93. The average molecular weight is 344 g/mol. The first-order valence-corrected chi connectivity index (χ1v) is 8.53. The third-order valence-corrected chi connectivity index (χ3v) is 4.51. The standard InChI is InChI=1S/C19H24N2O4/c1-12-10-23-13(2)9-21(12)19(22)16-6-5-7-17(8-16)24-11-18-14(3)20-25-15(18)4/h5-8,12-13H,9-11H2,1-4H3. The zero-order valence-electron chi connectivity index (χ0n) is 15.1. The number of aromatic nitrogens is 1. The second-order valence-electron chi connectivity index (χ2n) is 6.57. The van der Waals surface area contributed by atoms with Crippen molar-refractivity contribution in [2.45, 2.75) is 46.4 Å². The highest BCUT2D eigenvalue weighted by atomic mass is 16.5. The lowest BCUT2D eigenvalue weighted by atomic mass is 10.1. The van der Waals surface area contributed by atoms with Gasteiger partial charge in [-0.2, -0.15) is 0 Å². The molecule has 0 radical (unpaired) electrons. The molecular weight excluding hydrogens is 320 g/mol. The predicted octanol–water partition coefficient (Wildman–Crippen LogP) is 3.12. The lowest BCUT2D eigenvalue weighted by Crippen LogP contribution is -2.50. The van der Waals surface area contributed by atoms with Crippen molar-refractivity contribution >= 4 is 5.91 Å². The predicted molar refractivity (Wildman–Crippen MR) is 92.7 cm³/mol. The first kappa shape index (κ1) is 17.5. The molecule has 2 aromatic rings. The Morgan fingerprint density at radius 1 is 1.36 bits per heavy atom. The maximum absolute atomic E-state index is 12.8. The van der Waals surface area contributed by atoms with Crippen LogP contribution in [0.5, 0.6) is 5.75 Å². The van der Waals surface area contributed by atoms with Crippen LogP contribution in [-0.2, 0) is 11.3 Å². The van der Waals surface area contributed by atoms with E-state index in [1.165, 1.54) is 0 Å². The number of ether oxygens (including phenoxy) is 2. The topological polar surface area (TPSA) is 64.8 Å². The van der Waals surface area contributed by atoms with Crippen molar-refractivity contribution < 1.29 is 18.8 Å². The molecule has 0 spiro atoms. The molecule has 1 aliphatic rings. The Morgan fingerprint density at radius 2 is 2.16 bits per heavy atom. The summed E-state index contributed by atoms with van der Waals surface area (Å²) < 4.78 is 16.6. The molecule has 0 N–H and O–H groups in total. The van der Waals surface area contributed by atoms with E-state index in [4.69, 9.17) is 14.0 Å². The summed E-state index contributed by atoms with van der Waals surface area (Å²) in [5.41, 5.74) is 2.38. The third kappa shape index (κ3) is 3.85. The molecule has 1 saturated heterocycles. The van der Waals surface area contributed by atoms with Gasteiger partial charge in [0.25, 0.3) is 5.91 Å². The molecule has 1 aliphatic heterocycles. The number of nitrogens with zero attached hydrogens (tertiary/aromatic N) is 2. The largest absolute Gasteiger partial charge is 0.489 e. The fraction of sp³-hybridized carbons (Fsp3) is 0.474. The number of rotatable bonds is 4. The minimum atomic E-state index is 0.00504. The van der Waals surface area contributed by atoms with Crippen molar-refractivity contribution in [1.82, 2.24) is 10.1 Å². The summed E-state index contributed by atoms with van der Waals surface area (Å²) in [7, 11) is 0. The van der Waals surface area contributed by atoms with Crippen molar-refractivity contribution in [3.05, 3.63) is 46.8 Å². The van der Waals surface area contributed by atoms with Crippen LogP contribution in [0.25, 0.3) is 0 Å². The molecule has 134 valence electrons. The highest BCUT2D eigenvalue weighted by molar-refractivity contribution is 5.94. The zero-order chi connectivity index (χ0) is 18.0. The van der Waals surface area contributed by atoms with Crippen LogP contribution in [0.4, 0.5) is 0 Å². The van der Waals surface area contributed by atoms with Gasteiger partial charge in [0.15, 0.2) is 0 Å². The van der Waals surface area contributed by atoms with E-state index in [1.54, 1.807) is 6.07 Å². The van der Waals surface area contributed by atoms with Crippen molar-refractivity contribution in [2.75, 3.05) is 13.2 Å². The van der Waals surface area contributed by atoms with Crippen LogP contribution in [0.1, 0.15) is 41.2 Å². The van der Waals surface area contributed by atoms with E-state index in [1.807, 2.05) is 50.8 Å². The van der Waals surface area contributed by atoms with Crippen molar-refractivity contribution in [2.24, 2.45) is 0 Å². The van der Waals surface area contributed by atoms with Gasteiger partial charge in [-0.05, 0) is 45.9 Å². The summed E-state index contributed by atoms with van der Waals surface area (Å²) in [5, 5.41) is 3.92. The van der Waals surface area contributed by atoms with Crippen LogP contribution in [0.15, 0.2) is 28.8 Å². The van der Waals surface area contributed by atoms with Gasteiger partial charge in [0, 0.05) is 12.1 Å². The highest BCUT2D eigenvalue weighted by Gasteiger charge is 2.28. The van der Waals surface area contributed by atoms with E-state index in [0.29, 0.717) is 31.1 Å². The number of hydrogen-bond acceptors (Lipinski definition) is 5. The van der Waals surface area contributed by atoms with Crippen LogP contribution < -0.4 is 4.74 Å². The number of benzene rings is 1. The van der Waals surface area contributed by atoms with Gasteiger partial charge >= 0.3 is 0 Å². The van der Waals surface area contributed by atoms with Gasteiger partial charge in [0.1, 0.15) is 18.1 Å². The number of carbonyl (C=O) groups excluding carboxylic acids is 1. The van der Waals surface area contributed by atoms with E-state index >= 15 is 0 Å².